The number of nitrogens with one attached hydrogen (secondary N) is 2. The van der Waals surface area contributed by atoms with Gasteiger partial charge >= 0.3 is 0 Å². The van der Waals surface area contributed by atoms with Crippen molar-refractivity contribution in [3.8, 4) is 0 Å². The molecule has 0 atom stereocenters. The first-order valence-electron chi connectivity index (χ1n) is 7.11. The fourth-order valence-corrected chi connectivity index (χ4v) is 2.35. The molecule has 0 radical (unpaired) electrons. The molecule has 1 heterocycles. The predicted molar refractivity (Wildman–Crippen MR) is 107 cm³/mol. The maximum Gasteiger partial charge on any atom is 0.191 e. The summed E-state index contributed by atoms with van der Waals surface area (Å²) in [6, 6.07) is 5.44. The molecule has 5 nitrogen and oxygen atoms in total. The van der Waals surface area contributed by atoms with E-state index in [0.717, 1.165) is 31.2 Å². The summed E-state index contributed by atoms with van der Waals surface area (Å²) in [6.45, 7) is 4.91. The van der Waals surface area contributed by atoms with Crippen molar-refractivity contribution in [2.24, 2.45) is 4.99 Å². The Bertz CT molecular complexity index is 616. The van der Waals surface area contributed by atoms with Crippen molar-refractivity contribution in [1.82, 2.24) is 20.2 Å². The van der Waals surface area contributed by atoms with Crippen LogP contribution in [-0.2, 0) is 13.1 Å². The van der Waals surface area contributed by atoms with E-state index in [2.05, 4.69) is 20.6 Å². The second-order valence-corrected chi connectivity index (χ2v) is 5.50. The summed E-state index contributed by atoms with van der Waals surface area (Å²) in [7, 11) is 0. The normalized spacial score (nSPS) is 11.0. The third kappa shape index (κ3) is 6.97. The van der Waals surface area contributed by atoms with Crippen molar-refractivity contribution in [1.29, 1.82) is 0 Å². The van der Waals surface area contributed by atoms with Gasteiger partial charge in [0.15, 0.2) is 5.96 Å². The molecule has 2 aromatic rings. The zero-order valence-electron chi connectivity index (χ0n) is 12.8. The van der Waals surface area contributed by atoms with E-state index < -0.39 is 0 Å². The number of hydrogen-bond donors (Lipinski definition) is 2. The van der Waals surface area contributed by atoms with Crippen LogP contribution in [0.3, 0.4) is 0 Å². The van der Waals surface area contributed by atoms with Gasteiger partial charge in [-0.2, -0.15) is 0 Å². The highest BCUT2D eigenvalue weighted by Crippen LogP contribution is 2.21. The number of aliphatic imine (C=N–C) groups is 1. The van der Waals surface area contributed by atoms with Gasteiger partial charge < -0.3 is 15.2 Å². The van der Waals surface area contributed by atoms with Crippen LogP contribution >= 0.6 is 47.2 Å². The lowest BCUT2D eigenvalue weighted by atomic mass is 10.2. The standard InChI is InChI=1S/C15H19Cl2N5.HI/c1-2-19-15(20-6-8-22-7-5-18-11-22)21-10-12-3-4-13(16)9-14(12)17;/h3-5,7,9,11H,2,6,8,10H2,1H3,(H2,19,20,21);1H. The molecule has 0 amide bonds. The minimum Gasteiger partial charge on any atom is -0.357 e. The average Bonchev–Trinajstić information content (AvgIpc) is 2.99. The van der Waals surface area contributed by atoms with Crippen LogP contribution in [0, 0.1) is 0 Å². The van der Waals surface area contributed by atoms with Crippen LogP contribution in [0.25, 0.3) is 0 Å². The molecule has 0 fully saturated rings. The number of aromatic nitrogens is 2. The molecule has 1 aromatic heterocycles. The largest absolute Gasteiger partial charge is 0.357 e. The lowest BCUT2D eigenvalue weighted by Crippen LogP contribution is -2.38. The molecule has 2 N–H and O–H groups in total. The van der Waals surface area contributed by atoms with E-state index in [1.807, 2.05) is 29.8 Å². The van der Waals surface area contributed by atoms with Gasteiger partial charge in [0.25, 0.3) is 0 Å². The quantitative estimate of drug-likeness (QED) is 0.388. The summed E-state index contributed by atoms with van der Waals surface area (Å²) < 4.78 is 2.01. The van der Waals surface area contributed by atoms with Crippen LogP contribution < -0.4 is 10.6 Å². The van der Waals surface area contributed by atoms with Crippen molar-refractivity contribution in [3.63, 3.8) is 0 Å². The van der Waals surface area contributed by atoms with Crippen LogP contribution in [0.4, 0.5) is 0 Å². The molecule has 8 heteroatoms. The molecule has 126 valence electrons. The molecule has 2 rings (SSSR count). The van der Waals surface area contributed by atoms with Gasteiger partial charge in [0.2, 0.25) is 0 Å². The van der Waals surface area contributed by atoms with Gasteiger partial charge in [-0.1, -0.05) is 29.3 Å². The van der Waals surface area contributed by atoms with Gasteiger partial charge in [0.1, 0.15) is 0 Å². The molecule has 0 saturated carbocycles. The molecule has 0 saturated heterocycles. The monoisotopic (exact) mass is 467 g/mol. The second kappa shape index (κ2) is 10.7. The van der Waals surface area contributed by atoms with E-state index in [1.165, 1.54) is 0 Å². The van der Waals surface area contributed by atoms with Crippen LogP contribution in [-0.4, -0.2) is 28.6 Å². The van der Waals surface area contributed by atoms with Crippen LogP contribution in [0.2, 0.25) is 10.0 Å². The van der Waals surface area contributed by atoms with Crippen molar-refractivity contribution in [2.45, 2.75) is 20.0 Å². The molecule has 0 aliphatic heterocycles. The first kappa shape index (κ1) is 20.1. The number of hydrogen-bond acceptors (Lipinski definition) is 2. The Labute approximate surface area is 163 Å². The SMILES string of the molecule is CCNC(=NCc1ccc(Cl)cc1Cl)NCCn1ccnc1.I. The number of rotatable bonds is 6. The van der Waals surface area contributed by atoms with Gasteiger partial charge in [0, 0.05) is 42.1 Å². The number of halogens is 3. The number of guanidine groups is 1. The van der Waals surface area contributed by atoms with Crippen LogP contribution in [0.1, 0.15) is 12.5 Å². The summed E-state index contributed by atoms with van der Waals surface area (Å²) in [5.74, 6) is 0.758. The first-order valence-corrected chi connectivity index (χ1v) is 7.86. The van der Waals surface area contributed by atoms with E-state index in [0.29, 0.717) is 16.6 Å². The summed E-state index contributed by atoms with van der Waals surface area (Å²) >= 11 is 12.1. The fourth-order valence-electron chi connectivity index (χ4n) is 1.88. The Morgan fingerprint density at radius 1 is 1.30 bits per heavy atom. The lowest BCUT2D eigenvalue weighted by Gasteiger charge is -2.12. The maximum absolute atomic E-state index is 6.16. The summed E-state index contributed by atoms with van der Waals surface area (Å²) in [6.07, 6.45) is 5.49. The number of benzene rings is 1. The minimum atomic E-state index is 0. The average molecular weight is 468 g/mol. The van der Waals surface area contributed by atoms with Crippen molar-refractivity contribution in [3.05, 3.63) is 52.5 Å². The van der Waals surface area contributed by atoms with Gasteiger partial charge in [-0.25, -0.2) is 9.98 Å². The molecule has 0 spiro atoms. The molecule has 0 unspecified atom stereocenters. The van der Waals surface area contributed by atoms with Gasteiger partial charge in [-0.05, 0) is 24.6 Å². The number of nitrogens with zero attached hydrogens (tertiary/aromatic N) is 3. The molecule has 23 heavy (non-hydrogen) atoms. The van der Waals surface area contributed by atoms with Crippen molar-refractivity contribution in [2.75, 3.05) is 13.1 Å². The summed E-state index contributed by atoms with van der Waals surface area (Å²) in [5, 5.41) is 7.75. The third-order valence-electron chi connectivity index (χ3n) is 2.99. The smallest absolute Gasteiger partial charge is 0.191 e. The Morgan fingerprint density at radius 3 is 2.78 bits per heavy atom. The van der Waals surface area contributed by atoms with Crippen molar-refractivity contribution >= 4 is 53.1 Å². The van der Waals surface area contributed by atoms with Crippen LogP contribution in [0.15, 0.2) is 41.9 Å². The van der Waals surface area contributed by atoms with Gasteiger partial charge in [0.05, 0.1) is 12.9 Å². The zero-order chi connectivity index (χ0) is 15.8. The first-order chi connectivity index (χ1) is 10.7. The summed E-state index contributed by atoms with van der Waals surface area (Å²) in [4.78, 5) is 8.55. The van der Waals surface area contributed by atoms with E-state index in [1.54, 1.807) is 18.6 Å². The number of imidazole rings is 1. The van der Waals surface area contributed by atoms with Crippen molar-refractivity contribution < 1.29 is 0 Å². The molecule has 0 aliphatic carbocycles. The topological polar surface area (TPSA) is 54.2 Å². The molecule has 0 bridgehead atoms. The predicted octanol–water partition coefficient (Wildman–Crippen LogP) is 3.56. The Hall–Kier alpha value is -0.990. The van der Waals surface area contributed by atoms with E-state index >= 15 is 0 Å². The van der Waals surface area contributed by atoms with Gasteiger partial charge in [-0.15, -0.1) is 24.0 Å². The summed E-state index contributed by atoms with van der Waals surface area (Å²) in [5.41, 5.74) is 0.942. The maximum atomic E-state index is 6.16. The van der Waals surface area contributed by atoms with E-state index in [4.69, 9.17) is 23.2 Å². The molecular formula is C15H20Cl2IN5. The highest BCUT2D eigenvalue weighted by atomic mass is 127. The Balaban J connectivity index is 0.00000264. The third-order valence-corrected chi connectivity index (χ3v) is 3.58. The Kier molecular flexibility index (Phi) is 9.35. The zero-order valence-corrected chi connectivity index (χ0v) is 16.6. The van der Waals surface area contributed by atoms with E-state index in [-0.39, 0.29) is 24.0 Å². The molecular weight excluding hydrogens is 448 g/mol. The second-order valence-electron chi connectivity index (χ2n) is 4.66. The van der Waals surface area contributed by atoms with Crippen LogP contribution in [0.5, 0.6) is 0 Å². The van der Waals surface area contributed by atoms with E-state index in [9.17, 15) is 0 Å². The highest BCUT2D eigenvalue weighted by Gasteiger charge is 2.02. The fraction of sp³-hybridized carbons (Fsp3) is 0.333. The molecule has 1 aromatic carbocycles. The van der Waals surface area contributed by atoms with Gasteiger partial charge in [-0.3, -0.25) is 0 Å². The molecule has 0 aliphatic rings. The minimum absolute atomic E-state index is 0. The highest BCUT2D eigenvalue weighted by molar-refractivity contribution is 14.0. The Morgan fingerprint density at radius 2 is 2.13 bits per heavy atom. The lowest BCUT2D eigenvalue weighted by molar-refractivity contribution is 0.662.